The largest absolute Gasteiger partial charge is 0.490 e. The number of halogens is 1. The number of amides is 1. The maximum Gasteiger partial charge on any atom is 0.262 e. The number of benzene rings is 2. The van der Waals surface area contributed by atoms with Gasteiger partial charge in [-0.05, 0) is 103 Å². The van der Waals surface area contributed by atoms with Crippen molar-refractivity contribution < 1.29 is 23.2 Å². The molecule has 53 heavy (non-hydrogen) atoms. The van der Waals surface area contributed by atoms with E-state index in [1.165, 1.54) is 11.1 Å². The van der Waals surface area contributed by atoms with Gasteiger partial charge in [-0.3, -0.25) is 19.3 Å². The van der Waals surface area contributed by atoms with Crippen molar-refractivity contribution in [2.45, 2.75) is 63.0 Å². The number of allylic oxidation sites excluding steroid dienone is 1. The molecule has 11 heteroatoms. The van der Waals surface area contributed by atoms with Gasteiger partial charge in [-0.2, -0.15) is 0 Å². The molecule has 1 N–H and O–H groups in total. The molecule has 2 aliphatic carbocycles. The van der Waals surface area contributed by atoms with Gasteiger partial charge in [0.1, 0.15) is 11.4 Å². The molecule has 6 aliphatic rings. The summed E-state index contributed by atoms with van der Waals surface area (Å²) in [6, 6.07) is 12.4. The van der Waals surface area contributed by atoms with E-state index in [1.807, 2.05) is 25.3 Å². The molecule has 0 radical (unpaired) electrons. The van der Waals surface area contributed by atoms with Crippen molar-refractivity contribution in [2.24, 2.45) is 23.7 Å². The summed E-state index contributed by atoms with van der Waals surface area (Å²) in [6.07, 6.45) is 9.90. The van der Waals surface area contributed by atoms with Gasteiger partial charge in [0.25, 0.3) is 5.91 Å². The number of rotatable bonds is 3. The Balaban J connectivity index is 1.19. The number of nitrogens with one attached hydrogen (secondary N) is 1. The van der Waals surface area contributed by atoms with Crippen molar-refractivity contribution in [2.75, 3.05) is 83.4 Å². The molecule has 1 amide bonds. The molecule has 1 saturated carbocycles. The van der Waals surface area contributed by atoms with E-state index < -0.39 is 15.3 Å². The number of carbonyl (C=O) groups excluding carboxylic acids is 1. The van der Waals surface area contributed by atoms with Crippen LogP contribution in [0.1, 0.15) is 61.0 Å². The average molecular weight is 765 g/mol. The summed E-state index contributed by atoms with van der Waals surface area (Å²) < 4.78 is 36.2. The van der Waals surface area contributed by atoms with Gasteiger partial charge in [-0.25, -0.2) is 4.21 Å². The van der Waals surface area contributed by atoms with Gasteiger partial charge < -0.3 is 19.1 Å². The Hall–Kier alpha value is -2.60. The average Bonchev–Trinajstić information content (AvgIpc) is 3.27. The molecule has 4 aliphatic heterocycles. The highest BCUT2D eigenvalue weighted by Gasteiger charge is 2.50. The molecule has 288 valence electrons. The van der Waals surface area contributed by atoms with E-state index in [0.29, 0.717) is 30.0 Å². The Morgan fingerprint density at radius 3 is 2.79 bits per heavy atom. The highest BCUT2D eigenvalue weighted by Crippen LogP contribution is 2.49. The minimum Gasteiger partial charge on any atom is -0.490 e. The van der Waals surface area contributed by atoms with Crippen LogP contribution in [0.4, 0.5) is 5.69 Å². The molecule has 3 fully saturated rings. The molecule has 2 aromatic carbocycles. The lowest BCUT2D eigenvalue weighted by atomic mass is 9.63. The number of carbonyl (C=O) groups is 1. The lowest BCUT2D eigenvalue weighted by Crippen LogP contribution is -2.62. The predicted octanol–water partition coefficient (Wildman–Crippen LogP) is 5.44. The van der Waals surface area contributed by atoms with Crippen LogP contribution in [0.25, 0.3) is 0 Å². The van der Waals surface area contributed by atoms with E-state index in [-0.39, 0.29) is 28.9 Å². The third-order valence-corrected chi connectivity index (χ3v) is 15.4. The normalized spacial score (nSPS) is 37.2. The Bertz CT molecular complexity index is 1840. The summed E-state index contributed by atoms with van der Waals surface area (Å²) in [6.45, 7) is 12.9. The van der Waals surface area contributed by atoms with Gasteiger partial charge in [0.15, 0.2) is 0 Å². The number of aryl methyl sites for hydroxylation is 1. The first kappa shape index (κ1) is 37.3. The fraction of sp³-hybridized carbons (Fsp3) is 0.619. The predicted molar refractivity (Wildman–Crippen MR) is 214 cm³/mol. The number of piperazine rings is 1. The van der Waals surface area contributed by atoms with E-state index in [2.05, 4.69) is 63.4 Å². The van der Waals surface area contributed by atoms with E-state index in [0.717, 1.165) is 108 Å². The molecular formula is C42H57ClN4O5S. The molecule has 1 unspecified atom stereocenters. The van der Waals surface area contributed by atoms with Crippen LogP contribution in [-0.4, -0.2) is 116 Å². The minimum atomic E-state index is -2.91. The van der Waals surface area contributed by atoms with Crippen LogP contribution in [0.5, 0.6) is 5.75 Å². The molecule has 2 saturated heterocycles. The second-order valence-corrected chi connectivity index (χ2v) is 19.6. The second kappa shape index (κ2) is 14.8. The SMILES string of the molecule is C=S1(=O)C[C@@H](C)[C@@H](C)/C=C/[C@](CN2CCN3CCOC[C@@H]3C2)(OC)[C@@H]2CC[C@H]2CN2C[C@@]3(CCCc4cc(Cl)ccc43)COc3ccc(cc32)C(=O)N1. The van der Waals surface area contributed by atoms with Crippen molar-refractivity contribution in [3.05, 3.63) is 70.3 Å². The molecule has 4 heterocycles. The summed E-state index contributed by atoms with van der Waals surface area (Å²) in [5.74, 6) is 5.53. The molecule has 8 atom stereocenters. The standard InChI is InChI=1S/C42H57ClN4O5S/c1-29-13-15-42(50-3,27-45-16-17-46-18-19-51-24-35(46)23-45)37-10-7-33(37)22-47-26-41(14-5-6-31-20-34(43)9-11-36(31)41)28-52-39-12-8-32(21-38(39)47)40(48)44-53(4,49)25-30(29)2/h8-9,11-13,15,20-21,29-30,33,35,37H,4-7,10,14,16-19,22-28H2,1-3H3,(H,44,48,49)/b15-13+/t29-,30+,33-,35-,37+,41-,42+,53?/m0/s1. The fourth-order valence-corrected chi connectivity index (χ4v) is 12.1. The third-order valence-electron chi connectivity index (χ3n) is 13.6. The number of ether oxygens (including phenoxy) is 3. The quantitative estimate of drug-likeness (QED) is 0.327. The topological polar surface area (TPSA) is 83.6 Å². The summed E-state index contributed by atoms with van der Waals surface area (Å²) in [7, 11) is -1.02. The number of fused-ring (bicyclic) bond motifs is 5. The van der Waals surface area contributed by atoms with E-state index >= 15 is 0 Å². The van der Waals surface area contributed by atoms with Crippen LogP contribution >= 0.6 is 11.6 Å². The molecule has 2 aromatic rings. The van der Waals surface area contributed by atoms with Crippen LogP contribution in [0, 0.1) is 23.7 Å². The number of morpholine rings is 1. The van der Waals surface area contributed by atoms with E-state index in [4.69, 9.17) is 25.8 Å². The lowest BCUT2D eigenvalue weighted by Gasteiger charge is -2.53. The summed E-state index contributed by atoms with van der Waals surface area (Å²) in [5.41, 5.74) is 3.27. The van der Waals surface area contributed by atoms with Crippen LogP contribution in [0.2, 0.25) is 5.02 Å². The minimum absolute atomic E-state index is 0.0273. The molecule has 8 rings (SSSR count). The molecule has 1 spiro atoms. The van der Waals surface area contributed by atoms with Gasteiger partial charge in [0.2, 0.25) is 0 Å². The Labute approximate surface area is 321 Å². The first-order valence-electron chi connectivity index (χ1n) is 19.7. The Morgan fingerprint density at radius 2 is 1.98 bits per heavy atom. The first-order chi connectivity index (χ1) is 25.5. The summed E-state index contributed by atoms with van der Waals surface area (Å²) in [4.78, 5) is 21.4. The second-order valence-electron chi connectivity index (χ2n) is 17.0. The lowest BCUT2D eigenvalue weighted by molar-refractivity contribution is -0.108. The first-order valence-corrected chi connectivity index (χ1v) is 22.0. The van der Waals surface area contributed by atoms with Crippen molar-refractivity contribution in [3.63, 3.8) is 0 Å². The zero-order valence-corrected chi connectivity index (χ0v) is 33.3. The molecular weight excluding hydrogens is 708 g/mol. The highest BCUT2D eigenvalue weighted by atomic mass is 35.5. The maximum absolute atomic E-state index is 13.9. The van der Waals surface area contributed by atoms with Gasteiger partial charge in [0, 0.05) is 90.4 Å². The van der Waals surface area contributed by atoms with Crippen molar-refractivity contribution in [3.8, 4) is 5.75 Å². The summed E-state index contributed by atoms with van der Waals surface area (Å²) >= 11 is 6.53. The zero-order valence-electron chi connectivity index (χ0n) is 31.7. The molecule has 9 nitrogen and oxygen atoms in total. The Morgan fingerprint density at radius 1 is 1.11 bits per heavy atom. The van der Waals surface area contributed by atoms with Crippen LogP contribution in [-0.2, 0) is 31.0 Å². The van der Waals surface area contributed by atoms with Crippen LogP contribution < -0.4 is 14.4 Å². The van der Waals surface area contributed by atoms with Crippen molar-refractivity contribution >= 4 is 38.8 Å². The monoisotopic (exact) mass is 764 g/mol. The fourth-order valence-electron chi connectivity index (χ4n) is 10.2. The van der Waals surface area contributed by atoms with Crippen LogP contribution in [0.3, 0.4) is 0 Å². The zero-order chi connectivity index (χ0) is 37.0. The van der Waals surface area contributed by atoms with Crippen molar-refractivity contribution in [1.29, 1.82) is 0 Å². The van der Waals surface area contributed by atoms with Gasteiger partial charge in [-0.1, -0.05) is 43.7 Å². The third kappa shape index (κ3) is 7.41. The van der Waals surface area contributed by atoms with Crippen LogP contribution in [0.15, 0.2) is 48.6 Å². The number of nitrogens with zero attached hydrogens (tertiary/aromatic N) is 3. The molecule has 2 bridgehead atoms. The van der Waals surface area contributed by atoms with Gasteiger partial charge in [0.05, 0.1) is 25.5 Å². The van der Waals surface area contributed by atoms with Gasteiger partial charge in [-0.15, -0.1) is 0 Å². The summed E-state index contributed by atoms with van der Waals surface area (Å²) in [5, 5.41) is 0.767. The van der Waals surface area contributed by atoms with Crippen molar-refractivity contribution in [1.82, 2.24) is 14.5 Å². The molecule has 0 aromatic heterocycles. The highest BCUT2D eigenvalue weighted by molar-refractivity contribution is 7.99. The smallest absolute Gasteiger partial charge is 0.262 e. The number of anilines is 1. The Kier molecular flexibility index (Phi) is 10.4. The van der Waals surface area contributed by atoms with E-state index in [1.54, 1.807) is 6.07 Å². The maximum atomic E-state index is 13.9. The number of hydrogen-bond acceptors (Lipinski definition) is 8. The number of hydrogen-bond donors (Lipinski definition) is 1. The van der Waals surface area contributed by atoms with Gasteiger partial charge >= 0.3 is 0 Å². The van der Waals surface area contributed by atoms with E-state index in [9.17, 15) is 9.00 Å². The number of methoxy groups -OCH3 is 1.